The smallest absolute Gasteiger partial charge is 0.416 e. The normalized spacial score (nSPS) is 11.5. The molecule has 0 radical (unpaired) electrons. The molecule has 112 valence electrons. The van der Waals surface area contributed by atoms with Crippen molar-refractivity contribution in [2.24, 2.45) is 0 Å². The van der Waals surface area contributed by atoms with Gasteiger partial charge in [-0.1, -0.05) is 29.3 Å². The van der Waals surface area contributed by atoms with E-state index in [9.17, 15) is 18.0 Å². The standard InChI is InChI=1S/C12H7Cl2F3N2O2/c1-5(20)18-10-9(19-11(21-10)12(15,16)17)6-2-3-7(13)8(14)4-6/h2-4H,1H3,(H,18,20). The van der Waals surface area contributed by atoms with Crippen LogP contribution in [-0.4, -0.2) is 10.9 Å². The number of alkyl halides is 3. The van der Waals surface area contributed by atoms with Gasteiger partial charge in [0.1, 0.15) is 5.69 Å². The second-order valence-corrected chi connectivity index (χ2v) is 4.82. The highest BCUT2D eigenvalue weighted by Gasteiger charge is 2.39. The Kier molecular flexibility index (Phi) is 4.15. The number of amides is 1. The summed E-state index contributed by atoms with van der Waals surface area (Å²) in [4.78, 5) is 14.4. The van der Waals surface area contributed by atoms with Crippen molar-refractivity contribution < 1.29 is 22.4 Å². The third-order valence-electron chi connectivity index (χ3n) is 2.35. The number of anilines is 1. The van der Waals surface area contributed by atoms with Crippen molar-refractivity contribution in [3.63, 3.8) is 0 Å². The van der Waals surface area contributed by atoms with Crippen LogP contribution in [0.15, 0.2) is 22.6 Å². The van der Waals surface area contributed by atoms with Gasteiger partial charge in [0.2, 0.25) is 11.8 Å². The number of aromatic nitrogens is 1. The summed E-state index contributed by atoms with van der Waals surface area (Å²) in [5.74, 6) is -2.47. The van der Waals surface area contributed by atoms with E-state index in [0.29, 0.717) is 0 Å². The number of halogens is 5. The molecule has 0 fully saturated rings. The van der Waals surface area contributed by atoms with Crippen LogP contribution < -0.4 is 5.32 Å². The summed E-state index contributed by atoms with van der Waals surface area (Å²) in [6.07, 6.45) is -4.78. The number of oxazole rings is 1. The van der Waals surface area contributed by atoms with E-state index in [4.69, 9.17) is 23.2 Å². The molecule has 2 rings (SSSR count). The molecule has 1 amide bonds. The fourth-order valence-corrected chi connectivity index (χ4v) is 1.82. The van der Waals surface area contributed by atoms with Crippen LogP contribution in [0.5, 0.6) is 0 Å². The maximum Gasteiger partial charge on any atom is 0.469 e. The zero-order valence-corrected chi connectivity index (χ0v) is 11.9. The highest BCUT2D eigenvalue weighted by molar-refractivity contribution is 6.42. The van der Waals surface area contributed by atoms with E-state index >= 15 is 0 Å². The van der Waals surface area contributed by atoms with Crippen molar-refractivity contribution in [1.82, 2.24) is 4.98 Å². The fraction of sp³-hybridized carbons (Fsp3) is 0.167. The second-order valence-electron chi connectivity index (χ2n) is 4.00. The largest absolute Gasteiger partial charge is 0.469 e. The molecule has 0 aliphatic heterocycles. The predicted octanol–water partition coefficient (Wildman–Crippen LogP) is 4.63. The summed E-state index contributed by atoms with van der Waals surface area (Å²) < 4.78 is 42.6. The highest BCUT2D eigenvalue weighted by Crippen LogP contribution is 2.37. The van der Waals surface area contributed by atoms with Crippen LogP contribution in [-0.2, 0) is 11.0 Å². The predicted molar refractivity (Wildman–Crippen MR) is 71.3 cm³/mol. The molecule has 0 unspecified atom stereocenters. The van der Waals surface area contributed by atoms with Gasteiger partial charge in [0.05, 0.1) is 10.0 Å². The first-order chi connectivity index (χ1) is 9.68. The molecule has 0 atom stereocenters. The van der Waals surface area contributed by atoms with Crippen LogP contribution in [0.3, 0.4) is 0 Å². The van der Waals surface area contributed by atoms with Crippen LogP contribution in [0.2, 0.25) is 10.0 Å². The SMILES string of the molecule is CC(=O)Nc1oc(C(F)(F)F)nc1-c1ccc(Cl)c(Cl)c1. The Morgan fingerprint density at radius 2 is 1.95 bits per heavy atom. The molecule has 0 aliphatic rings. The van der Waals surface area contributed by atoms with Crippen LogP contribution in [0.4, 0.5) is 19.1 Å². The van der Waals surface area contributed by atoms with Gasteiger partial charge in [-0.3, -0.25) is 10.1 Å². The minimum absolute atomic E-state index is 0.138. The van der Waals surface area contributed by atoms with Crippen molar-refractivity contribution in [1.29, 1.82) is 0 Å². The van der Waals surface area contributed by atoms with Gasteiger partial charge >= 0.3 is 12.1 Å². The zero-order valence-electron chi connectivity index (χ0n) is 10.4. The van der Waals surface area contributed by atoms with Gasteiger partial charge in [-0.2, -0.15) is 13.2 Å². The lowest BCUT2D eigenvalue weighted by molar-refractivity contribution is -0.156. The molecule has 21 heavy (non-hydrogen) atoms. The van der Waals surface area contributed by atoms with Crippen LogP contribution >= 0.6 is 23.2 Å². The number of benzene rings is 1. The van der Waals surface area contributed by atoms with Crippen molar-refractivity contribution in [2.45, 2.75) is 13.1 Å². The Balaban J connectivity index is 2.56. The van der Waals surface area contributed by atoms with Crippen LogP contribution in [0, 0.1) is 0 Å². The Morgan fingerprint density at radius 1 is 1.29 bits per heavy atom. The highest BCUT2D eigenvalue weighted by atomic mass is 35.5. The Morgan fingerprint density at radius 3 is 2.48 bits per heavy atom. The van der Waals surface area contributed by atoms with Crippen molar-refractivity contribution in [2.75, 3.05) is 5.32 Å². The lowest BCUT2D eigenvalue weighted by atomic mass is 10.1. The van der Waals surface area contributed by atoms with Crippen molar-refractivity contribution >= 4 is 35.0 Å². The minimum Gasteiger partial charge on any atom is -0.416 e. The number of carbonyl (C=O) groups excluding carboxylic acids is 1. The number of carbonyl (C=O) groups is 1. The molecule has 0 bridgehead atoms. The van der Waals surface area contributed by atoms with E-state index in [1.165, 1.54) is 18.2 Å². The summed E-state index contributed by atoms with van der Waals surface area (Å²) in [5, 5.41) is 2.53. The first-order valence-electron chi connectivity index (χ1n) is 5.49. The Labute approximate surface area is 126 Å². The summed E-state index contributed by atoms with van der Waals surface area (Å²) in [5.41, 5.74) is 0.0449. The fourth-order valence-electron chi connectivity index (χ4n) is 1.53. The van der Waals surface area contributed by atoms with Gasteiger partial charge in [0.25, 0.3) is 0 Å². The summed E-state index contributed by atoms with van der Waals surface area (Å²) in [6.45, 7) is 1.13. The summed E-state index contributed by atoms with van der Waals surface area (Å²) in [6, 6.07) is 4.14. The number of rotatable bonds is 2. The Hall–Kier alpha value is -1.73. The topological polar surface area (TPSA) is 55.1 Å². The molecular weight excluding hydrogens is 332 g/mol. The van der Waals surface area contributed by atoms with E-state index in [2.05, 4.69) is 14.7 Å². The molecule has 1 heterocycles. The first kappa shape index (κ1) is 15.7. The van der Waals surface area contributed by atoms with Gasteiger partial charge in [-0.15, -0.1) is 0 Å². The maximum atomic E-state index is 12.7. The monoisotopic (exact) mass is 338 g/mol. The third kappa shape index (κ3) is 3.48. The summed E-state index contributed by atoms with van der Waals surface area (Å²) >= 11 is 11.6. The molecule has 4 nitrogen and oxygen atoms in total. The second kappa shape index (κ2) is 5.57. The van der Waals surface area contributed by atoms with Crippen LogP contribution in [0.1, 0.15) is 12.8 Å². The first-order valence-corrected chi connectivity index (χ1v) is 6.25. The lowest BCUT2D eigenvalue weighted by Gasteiger charge is -2.02. The van der Waals surface area contributed by atoms with Crippen LogP contribution in [0.25, 0.3) is 11.3 Å². The van der Waals surface area contributed by atoms with Gasteiger partial charge < -0.3 is 4.42 Å². The maximum absolute atomic E-state index is 12.7. The van der Waals surface area contributed by atoms with Crippen molar-refractivity contribution in [3.8, 4) is 11.3 Å². The van der Waals surface area contributed by atoms with Gasteiger partial charge in [0, 0.05) is 12.5 Å². The van der Waals surface area contributed by atoms with E-state index in [-0.39, 0.29) is 21.3 Å². The molecule has 9 heteroatoms. The van der Waals surface area contributed by atoms with E-state index in [1.807, 2.05) is 0 Å². The van der Waals surface area contributed by atoms with Crippen molar-refractivity contribution in [3.05, 3.63) is 34.1 Å². The molecule has 0 saturated carbocycles. The average molecular weight is 339 g/mol. The molecule has 1 aromatic carbocycles. The zero-order chi connectivity index (χ0) is 15.8. The third-order valence-corrected chi connectivity index (χ3v) is 3.09. The minimum atomic E-state index is -4.78. The molecule has 1 aromatic heterocycles. The molecule has 1 N–H and O–H groups in total. The summed E-state index contributed by atoms with van der Waals surface area (Å²) in [7, 11) is 0. The molecular formula is C12H7Cl2F3N2O2. The molecule has 2 aromatic rings. The van der Waals surface area contributed by atoms with E-state index in [1.54, 1.807) is 0 Å². The lowest BCUT2D eigenvalue weighted by Crippen LogP contribution is -2.06. The molecule has 0 saturated heterocycles. The van der Waals surface area contributed by atoms with Gasteiger partial charge in [-0.25, -0.2) is 4.98 Å². The van der Waals surface area contributed by atoms with E-state index in [0.717, 1.165) is 6.92 Å². The number of nitrogens with one attached hydrogen (secondary N) is 1. The Bertz CT molecular complexity index is 698. The number of hydrogen-bond acceptors (Lipinski definition) is 3. The average Bonchev–Trinajstić information content (AvgIpc) is 2.75. The molecule has 0 aliphatic carbocycles. The quantitative estimate of drug-likeness (QED) is 0.868. The molecule has 0 spiro atoms. The van der Waals surface area contributed by atoms with E-state index < -0.39 is 23.9 Å². The number of hydrogen-bond donors (Lipinski definition) is 1. The van der Waals surface area contributed by atoms with Gasteiger partial charge in [-0.05, 0) is 12.1 Å². The number of nitrogens with zero attached hydrogens (tertiary/aromatic N) is 1. The van der Waals surface area contributed by atoms with Gasteiger partial charge in [0.15, 0.2) is 0 Å².